The molecule has 130 valence electrons. The number of hydrogen-bond acceptors (Lipinski definition) is 5. The van der Waals surface area contributed by atoms with Gasteiger partial charge in [-0.3, -0.25) is 9.59 Å². The van der Waals surface area contributed by atoms with Gasteiger partial charge in [0.05, 0.1) is 15.1 Å². The van der Waals surface area contributed by atoms with E-state index in [9.17, 15) is 9.59 Å². The summed E-state index contributed by atoms with van der Waals surface area (Å²) in [6.07, 6.45) is 6.94. The number of nitrogens with zero attached hydrogens (tertiary/aromatic N) is 1. The third-order valence-electron chi connectivity index (χ3n) is 2.83. The molecule has 0 unspecified atom stereocenters. The van der Waals surface area contributed by atoms with Gasteiger partial charge in [-0.1, -0.05) is 5.92 Å². The Morgan fingerprint density at radius 1 is 1.48 bits per heavy atom. The fourth-order valence-electron chi connectivity index (χ4n) is 1.95. The van der Waals surface area contributed by atoms with E-state index in [0.717, 1.165) is 20.9 Å². The zero-order valence-electron chi connectivity index (χ0n) is 13.6. The van der Waals surface area contributed by atoms with Crippen molar-refractivity contribution < 1.29 is 19.1 Å². The molecule has 0 saturated carbocycles. The van der Waals surface area contributed by atoms with Gasteiger partial charge >= 0.3 is 0 Å². The van der Waals surface area contributed by atoms with Gasteiger partial charge in [0, 0.05) is 6.92 Å². The molecule has 2 rings (SSSR count). The van der Waals surface area contributed by atoms with Crippen molar-refractivity contribution in [3.05, 3.63) is 26.2 Å². The highest BCUT2D eigenvalue weighted by Gasteiger charge is 2.23. The fourth-order valence-corrected chi connectivity index (χ4v) is 3.59. The van der Waals surface area contributed by atoms with Gasteiger partial charge in [0.2, 0.25) is 5.91 Å². The number of halogens is 1. The number of ether oxygens (including phenoxy) is 2. The summed E-state index contributed by atoms with van der Waals surface area (Å²) in [6.45, 7) is 3.83. The molecule has 1 aliphatic rings. The Kier molecular flexibility index (Phi) is 6.90. The molecule has 2 amide bonds. The lowest BCUT2D eigenvalue weighted by molar-refractivity contribution is -0.117. The third-order valence-corrected chi connectivity index (χ3v) is 4.53. The van der Waals surface area contributed by atoms with Crippen molar-refractivity contribution in [3.63, 3.8) is 0 Å². The number of amidine groups is 1. The van der Waals surface area contributed by atoms with Gasteiger partial charge in [0.25, 0.3) is 5.91 Å². The van der Waals surface area contributed by atoms with Crippen molar-refractivity contribution in [1.29, 1.82) is 0 Å². The van der Waals surface area contributed by atoms with Crippen molar-refractivity contribution in [2.75, 3.05) is 13.2 Å². The summed E-state index contributed by atoms with van der Waals surface area (Å²) in [4.78, 5) is 27.3. The van der Waals surface area contributed by atoms with Crippen molar-refractivity contribution in [3.8, 4) is 23.8 Å². The first-order valence-electron chi connectivity index (χ1n) is 7.27. The molecular weight excluding hydrogens is 455 g/mol. The lowest BCUT2D eigenvalue weighted by Crippen LogP contribution is -2.23. The molecule has 0 bridgehead atoms. The number of aliphatic imine (C=N–C) groups is 1. The van der Waals surface area contributed by atoms with Gasteiger partial charge in [-0.25, -0.2) is 0 Å². The summed E-state index contributed by atoms with van der Waals surface area (Å²) in [6, 6.07) is 3.63. The molecule has 6 nitrogen and oxygen atoms in total. The summed E-state index contributed by atoms with van der Waals surface area (Å²) in [5.41, 5.74) is 0.760. The second-order valence-corrected chi connectivity index (χ2v) is 6.96. The predicted molar refractivity (Wildman–Crippen MR) is 106 cm³/mol. The summed E-state index contributed by atoms with van der Waals surface area (Å²) < 4.78 is 12.0. The summed E-state index contributed by atoms with van der Waals surface area (Å²) >= 11 is 3.24. The van der Waals surface area contributed by atoms with Gasteiger partial charge in [0.1, 0.15) is 6.61 Å². The number of benzene rings is 1. The average Bonchev–Trinajstić information content (AvgIpc) is 2.85. The highest BCUT2D eigenvalue weighted by molar-refractivity contribution is 14.1. The normalized spacial score (nSPS) is 14.9. The van der Waals surface area contributed by atoms with E-state index in [-0.39, 0.29) is 17.7 Å². The molecule has 0 fully saturated rings. The van der Waals surface area contributed by atoms with Crippen LogP contribution in [0.2, 0.25) is 0 Å². The Bertz CT molecular complexity index is 812. The van der Waals surface area contributed by atoms with Gasteiger partial charge in [-0.05, 0) is 65.0 Å². The molecule has 1 aromatic rings. The smallest absolute Gasteiger partial charge is 0.286 e. The number of nitrogens with one attached hydrogen (secondary N) is 1. The lowest BCUT2D eigenvalue weighted by atomic mass is 10.2. The van der Waals surface area contributed by atoms with E-state index in [4.69, 9.17) is 15.9 Å². The highest BCUT2D eigenvalue weighted by atomic mass is 127. The van der Waals surface area contributed by atoms with Crippen molar-refractivity contribution in [2.45, 2.75) is 13.8 Å². The monoisotopic (exact) mass is 470 g/mol. The van der Waals surface area contributed by atoms with Crippen molar-refractivity contribution in [1.82, 2.24) is 5.32 Å². The Morgan fingerprint density at radius 3 is 2.88 bits per heavy atom. The minimum absolute atomic E-state index is 0.138. The van der Waals surface area contributed by atoms with Gasteiger partial charge in [-0.2, -0.15) is 4.99 Å². The standard InChI is InChI=1S/C17H15IN2O4S/c1-4-6-24-15-12(18)7-11(8-13(15)23-5-2)9-14-16(22)20-17(25-14)19-10(3)21/h1,7-9H,5-6H2,2-3H3,(H,19,20,21,22)/b14-9+. The van der Waals surface area contributed by atoms with Crippen LogP contribution in [0.1, 0.15) is 19.4 Å². The molecule has 0 spiro atoms. The minimum Gasteiger partial charge on any atom is -0.490 e. The van der Waals surface area contributed by atoms with Crippen LogP contribution in [0.5, 0.6) is 11.5 Å². The molecule has 1 N–H and O–H groups in total. The van der Waals surface area contributed by atoms with E-state index in [0.29, 0.717) is 23.0 Å². The van der Waals surface area contributed by atoms with Crippen LogP contribution in [0, 0.1) is 15.9 Å². The van der Waals surface area contributed by atoms with E-state index in [2.05, 4.69) is 38.8 Å². The highest BCUT2D eigenvalue weighted by Crippen LogP contribution is 2.36. The van der Waals surface area contributed by atoms with Crippen molar-refractivity contribution in [2.24, 2.45) is 4.99 Å². The zero-order chi connectivity index (χ0) is 18.4. The first-order chi connectivity index (χ1) is 11.9. The van der Waals surface area contributed by atoms with E-state index < -0.39 is 5.91 Å². The molecule has 0 aliphatic carbocycles. The number of rotatable bonds is 5. The Labute approximate surface area is 163 Å². The van der Waals surface area contributed by atoms with Crippen molar-refractivity contribution >= 4 is 57.4 Å². The molecule has 0 aromatic heterocycles. The second kappa shape index (κ2) is 8.92. The number of carbonyl (C=O) groups excluding carboxylic acids is 2. The molecule has 0 radical (unpaired) electrons. The summed E-state index contributed by atoms with van der Waals surface area (Å²) in [5.74, 6) is 2.88. The SMILES string of the molecule is C#CCOc1c(I)cc(/C=C2/SC(NC(C)=O)=NC2=O)cc1OCC. The number of terminal acetylenes is 1. The summed E-state index contributed by atoms with van der Waals surface area (Å²) in [7, 11) is 0. The minimum atomic E-state index is -0.394. The molecule has 1 aromatic carbocycles. The topological polar surface area (TPSA) is 77.0 Å². The lowest BCUT2D eigenvalue weighted by Gasteiger charge is -2.13. The van der Waals surface area contributed by atoms with Gasteiger partial charge in [-0.15, -0.1) is 6.42 Å². The summed E-state index contributed by atoms with van der Waals surface area (Å²) in [5, 5.41) is 2.79. The largest absolute Gasteiger partial charge is 0.490 e. The Morgan fingerprint density at radius 2 is 2.24 bits per heavy atom. The molecule has 25 heavy (non-hydrogen) atoms. The number of amides is 2. The first-order valence-corrected chi connectivity index (χ1v) is 9.16. The van der Waals surface area contributed by atoms with Crippen LogP contribution in [-0.4, -0.2) is 30.2 Å². The Balaban J connectivity index is 2.30. The molecule has 1 heterocycles. The third kappa shape index (κ3) is 5.24. The predicted octanol–water partition coefficient (Wildman–Crippen LogP) is 2.81. The average molecular weight is 470 g/mol. The maximum absolute atomic E-state index is 12.0. The maximum atomic E-state index is 12.0. The zero-order valence-corrected chi connectivity index (χ0v) is 16.6. The first kappa shape index (κ1) is 19.3. The molecule has 1 aliphatic heterocycles. The van der Waals surface area contributed by atoms with E-state index >= 15 is 0 Å². The number of hydrogen-bond donors (Lipinski definition) is 1. The Hall–Kier alpha value is -1.99. The van der Waals surface area contributed by atoms with Crippen LogP contribution in [0.25, 0.3) is 6.08 Å². The van der Waals surface area contributed by atoms with Crippen LogP contribution in [-0.2, 0) is 9.59 Å². The van der Waals surface area contributed by atoms with Gasteiger partial charge in [0.15, 0.2) is 16.7 Å². The molecule has 8 heteroatoms. The van der Waals surface area contributed by atoms with Gasteiger partial charge < -0.3 is 14.8 Å². The molecule has 0 saturated heterocycles. The quantitative estimate of drug-likeness (QED) is 0.407. The maximum Gasteiger partial charge on any atom is 0.286 e. The van der Waals surface area contributed by atoms with E-state index in [1.165, 1.54) is 6.92 Å². The van der Waals surface area contributed by atoms with Crippen LogP contribution in [0.3, 0.4) is 0 Å². The number of carbonyl (C=O) groups is 2. The second-order valence-electron chi connectivity index (χ2n) is 4.77. The van der Waals surface area contributed by atoms with E-state index in [1.54, 1.807) is 12.1 Å². The van der Waals surface area contributed by atoms with Crippen LogP contribution >= 0.6 is 34.4 Å². The van der Waals surface area contributed by atoms with E-state index in [1.807, 2.05) is 13.0 Å². The molecule has 0 atom stereocenters. The molecular formula is C17H15IN2O4S. The van der Waals surface area contributed by atoms with Crippen LogP contribution < -0.4 is 14.8 Å². The number of thioether (sulfide) groups is 1. The van der Waals surface area contributed by atoms with Crippen LogP contribution in [0.4, 0.5) is 0 Å². The fraction of sp³-hybridized carbons (Fsp3) is 0.235. The van der Waals surface area contributed by atoms with Crippen LogP contribution in [0.15, 0.2) is 22.0 Å².